The maximum atomic E-state index is 13.2. The number of benzene rings is 1. The topological polar surface area (TPSA) is 53.6 Å². The Kier molecular flexibility index (Phi) is 4.26. The van der Waals surface area contributed by atoms with Gasteiger partial charge >= 0.3 is 0 Å². The third-order valence-corrected chi connectivity index (χ3v) is 2.70. The summed E-state index contributed by atoms with van der Waals surface area (Å²) in [7, 11) is 0. The second kappa shape index (κ2) is 6.12. The fourth-order valence-corrected chi connectivity index (χ4v) is 1.83. The molecule has 0 spiro atoms. The molecule has 2 rings (SSSR count). The van der Waals surface area contributed by atoms with Crippen molar-refractivity contribution in [3.8, 4) is 6.07 Å². The van der Waals surface area contributed by atoms with E-state index in [1.165, 1.54) is 12.1 Å². The summed E-state index contributed by atoms with van der Waals surface area (Å²) in [4.78, 5) is 0. The summed E-state index contributed by atoms with van der Waals surface area (Å²) < 4.78 is 15.1. The first kappa shape index (κ1) is 13.2. The van der Waals surface area contributed by atoms with Crippen molar-refractivity contribution in [3.05, 3.63) is 53.1 Å². The van der Waals surface area contributed by atoms with E-state index in [0.717, 1.165) is 24.2 Å². The van der Waals surface area contributed by atoms with Crippen LogP contribution < -0.4 is 5.32 Å². The van der Waals surface area contributed by atoms with Crippen molar-refractivity contribution in [1.82, 2.24) is 15.1 Å². The second-order valence-electron chi connectivity index (χ2n) is 4.42. The predicted molar refractivity (Wildman–Crippen MR) is 69.8 cm³/mol. The number of halogens is 1. The first-order chi connectivity index (χ1) is 9.17. The SMILES string of the molecule is Cc1cnn(CCNCc2cc(F)cc(C#N)c2)c1. The molecule has 0 fully saturated rings. The normalized spacial score (nSPS) is 10.4. The summed E-state index contributed by atoms with van der Waals surface area (Å²) in [6.07, 6.45) is 3.78. The van der Waals surface area contributed by atoms with E-state index in [-0.39, 0.29) is 5.82 Å². The van der Waals surface area contributed by atoms with Crippen LogP contribution >= 0.6 is 0 Å². The molecule has 98 valence electrons. The lowest BCUT2D eigenvalue weighted by molar-refractivity contribution is 0.552. The third-order valence-electron chi connectivity index (χ3n) is 2.70. The van der Waals surface area contributed by atoms with E-state index in [9.17, 15) is 4.39 Å². The van der Waals surface area contributed by atoms with Crippen LogP contribution in [0.15, 0.2) is 30.6 Å². The van der Waals surface area contributed by atoms with E-state index in [2.05, 4.69) is 10.4 Å². The van der Waals surface area contributed by atoms with Crippen molar-refractivity contribution in [2.75, 3.05) is 6.54 Å². The Morgan fingerprint density at radius 3 is 2.95 bits per heavy atom. The molecule has 1 heterocycles. The molecule has 0 saturated heterocycles. The van der Waals surface area contributed by atoms with Crippen LogP contribution in [0.25, 0.3) is 0 Å². The number of nitrogens with zero attached hydrogens (tertiary/aromatic N) is 3. The third kappa shape index (κ3) is 3.90. The first-order valence-electron chi connectivity index (χ1n) is 6.07. The van der Waals surface area contributed by atoms with E-state index in [4.69, 9.17) is 5.26 Å². The van der Waals surface area contributed by atoms with Gasteiger partial charge in [-0.05, 0) is 36.2 Å². The molecule has 19 heavy (non-hydrogen) atoms. The van der Waals surface area contributed by atoms with Gasteiger partial charge in [-0.15, -0.1) is 0 Å². The summed E-state index contributed by atoms with van der Waals surface area (Å²) in [5, 5.41) is 16.1. The fourth-order valence-electron chi connectivity index (χ4n) is 1.83. The van der Waals surface area contributed by atoms with Crippen LogP contribution in [0.1, 0.15) is 16.7 Å². The lowest BCUT2D eigenvalue weighted by atomic mass is 10.1. The molecule has 0 aliphatic carbocycles. The van der Waals surface area contributed by atoms with Gasteiger partial charge < -0.3 is 5.32 Å². The van der Waals surface area contributed by atoms with Crippen LogP contribution in [0.3, 0.4) is 0 Å². The van der Waals surface area contributed by atoms with Gasteiger partial charge in [0.05, 0.1) is 24.4 Å². The quantitative estimate of drug-likeness (QED) is 0.834. The van der Waals surface area contributed by atoms with E-state index < -0.39 is 0 Å². The molecule has 5 heteroatoms. The highest BCUT2D eigenvalue weighted by molar-refractivity contribution is 5.33. The highest BCUT2D eigenvalue weighted by atomic mass is 19.1. The molecule has 0 amide bonds. The van der Waals surface area contributed by atoms with Crippen LogP contribution in [-0.2, 0) is 13.1 Å². The van der Waals surface area contributed by atoms with Gasteiger partial charge in [0.25, 0.3) is 0 Å². The smallest absolute Gasteiger partial charge is 0.124 e. The summed E-state index contributed by atoms with van der Waals surface area (Å²) >= 11 is 0. The van der Waals surface area contributed by atoms with Crippen LogP contribution in [0.2, 0.25) is 0 Å². The largest absolute Gasteiger partial charge is 0.311 e. The van der Waals surface area contributed by atoms with Gasteiger partial charge in [0, 0.05) is 19.3 Å². The van der Waals surface area contributed by atoms with E-state index in [1.807, 2.05) is 30.1 Å². The highest BCUT2D eigenvalue weighted by Gasteiger charge is 2.00. The predicted octanol–water partition coefficient (Wildman–Crippen LogP) is 1.99. The van der Waals surface area contributed by atoms with E-state index >= 15 is 0 Å². The van der Waals surface area contributed by atoms with Crippen molar-refractivity contribution in [3.63, 3.8) is 0 Å². The minimum absolute atomic E-state index is 0.347. The molecule has 4 nitrogen and oxygen atoms in total. The molecule has 0 radical (unpaired) electrons. The average molecular weight is 258 g/mol. The number of hydrogen-bond donors (Lipinski definition) is 1. The molecule has 0 aliphatic heterocycles. The fraction of sp³-hybridized carbons (Fsp3) is 0.286. The van der Waals surface area contributed by atoms with Crippen molar-refractivity contribution in [2.45, 2.75) is 20.0 Å². The lowest BCUT2D eigenvalue weighted by Gasteiger charge is -2.06. The number of aromatic nitrogens is 2. The summed E-state index contributed by atoms with van der Waals surface area (Å²) in [6, 6.07) is 6.30. The monoisotopic (exact) mass is 258 g/mol. The number of nitriles is 1. The van der Waals surface area contributed by atoms with Gasteiger partial charge in [-0.3, -0.25) is 4.68 Å². The molecule has 1 aromatic heterocycles. The van der Waals surface area contributed by atoms with Crippen LogP contribution in [-0.4, -0.2) is 16.3 Å². The van der Waals surface area contributed by atoms with Gasteiger partial charge in [-0.1, -0.05) is 0 Å². The van der Waals surface area contributed by atoms with E-state index in [1.54, 1.807) is 6.07 Å². The highest BCUT2D eigenvalue weighted by Crippen LogP contribution is 2.08. The van der Waals surface area contributed by atoms with Gasteiger partial charge in [0.1, 0.15) is 5.82 Å². The zero-order valence-electron chi connectivity index (χ0n) is 10.7. The Morgan fingerprint density at radius 2 is 2.26 bits per heavy atom. The molecule has 0 aliphatic rings. The Bertz CT molecular complexity index is 598. The maximum Gasteiger partial charge on any atom is 0.124 e. The minimum atomic E-state index is -0.376. The van der Waals surface area contributed by atoms with Crippen molar-refractivity contribution in [2.24, 2.45) is 0 Å². The number of nitrogens with one attached hydrogen (secondary N) is 1. The molecule has 0 unspecified atom stereocenters. The zero-order valence-corrected chi connectivity index (χ0v) is 10.7. The van der Waals surface area contributed by atoms with Crippen molar-refractivity contribution in [1.29, 1.82) is 5.26 Å². The Hall–Kier alpha value is -2.19. The van der Waals surface area contributed by atoms with Crippen LogP contribution in [0.5, 0.6) is 0 Å². The average Bonchev–Trinajstić information content (AvgIpc) is 2.80. The zero-order chi connectivity index (χ0) is 13.7. The minimum Gasteiger partial charge on any atom is -0.311 e. The Morgan fingerprint density at radius 1 is 1.42 bits per heavy atom. The molecule has 1 N–H and O–H groups in total. The summed E-state index contributed by atoms with van der Waals surface area (Å²) in [5.41, 5.74) is 2.25. The summed E-state index contributed by atoms with van der Waals surface area (Å²) in [5.74, 6) is -0.376. The lowest BCUT2D eigenvalue weighted by Crippen LogP contribution is -2.19. The molecule has 0 saturated carbocycles. The van der Waals surface area contributed by atoms with Crippen LogP contribution in [0.4, 0.5) is 4.39 Å². The van der Waals surface area contributed by atoms with E-state index in [0.29, 0.717) is 12.1 Å². The standard InChI is InChI=1S/C14H15FN4/c1-11-8-18-19(10-11)3-2-17-9-13-4-12(7-16)5-14(15)6-13/h4-6,8,10,17H,2-3,9H2,1H3. The molecule has 1 aromatic carbocycles. The van der Waals surface area contributed by atoms with Gasteiger partial charge in [-0.25, -0.2) is 4.39 Å². The molecular formula is C14H15FN4. The van der Waals surface area contributed by atoms with Gasteiger partial charge in [0.15, 0.2) is 0 Å². The Labute approximate surface area is 111 Å². The molecule has 0 atom stereocenters. The van der Waals surface area contributed by atoms with Gasteiger partial charge in [-0.2, -0.15) is 10.4 Å². The summed E-state index contributed by atoms with van der Waals surface area (Å²) in [6.45, 7) is 4.02. The second-order valence-corrected chi connectivity index (χ2v) is 4.42. The molecule has 2 aromatic rings. The number of hydrogen-bond acceptors (Lipinski definition) is 3. The number of rotatable bonds is 5. The van der Waals surface area contributed by atoms with Crippen molar-refractivity contribution < 1.29 is 4.39 Å². The Balaban J connectivity index is 1.83. The molecular weight excluding hydrogens is 243 g/mol. The maximum absolute atomic E-state index is 13.2. The van der Waals surface area contributed by atoms with Crippen LogP contribution in [0, 0.1) is 24.1 Å². The number of aryl methyl sites for hydroxylation is 1. The van der Waals surface area contributed by atoms with Gasteiger partial charge in [0.2, 0.25) is 0 Å². The molecule has 0 bridgehead atoms. The van der Waals surface area contributed by atoms with Crippen molar-refractivity contribution >= 4 is 0 Å². The first-order valence-corrected chi connectivity index (χ1v) is 6.07.